The van der Waals surface area contributed by atoms with Gasteiger partial charge in [0.15, 0.2) is 6.29 Å². The molecule has 5 heteroatoms. The van der Waals surface area contributed by atoms with E-state index in [1.165, 1.54) is 0 Å². The van der Waals surface area contributed by atoms with E-state index >= 15 is 0 Å². The van der Waals surface area contributed by atoms with Gasteiger partial charge in [0.25, 0.3) is 0 Å². The third kappa shape index (κ3) is 2.30. The Morgan fingerprint density at radius 2 is 2.13 bits per heavy atom. The van der Waals surface area contributed by atoms with Crippen LogP contribution in [0.2, 0.25) is 0 Å². The summed E-state index contributed by atoms with van der Waals surface area (Å²) in [4.78, 5) is 21.1. The molecule has 80 valence electrons. The Bertz CT molecular complexity index is 362. The number of hydrogen-bond donors (Lipinski definition) is 0. The van der Waals surface area contributed by atoms with Crippen LogP contribution in [-0.4, -0.2) is 42.6 Å². The van der Waals surface area contributed by atoms with Crippen LogP contribution in [0.5, 0.6) is 0 Å². The van der Waals surface area contributed by atoms with Crippen LogP contribution in [0.3, 0.4) is 0 Å². The van der Waals surface area contributed by atoms with Gasteiger partial charge in [0.2, 0.25) is 0 Å². The van der Waals surface area contributed by atoms with E-state index < -0.39 is 0 Å². The van der Waals surface area contributed by atoms with E-state index in [1.807, 2.05) is 0 Å². The Hall–Kier alpha value is -1.49. The lowest BCUT2D eigenvalue weighted by atomic mass is 10.3. The molecule has 0 aliphatic carbocycles. The number of anilines is 1. The van der Waals surface area contributed by atoms with Gasteiger partial charge in [-0.05, 0) is 6.92 Å². The van der Waals surface area contributed by atoms with Crippen molar-refractivity contribution in [2.75, 3.05) is 31.2 Å². The molecule has 0 radical (unpaired) electrons. The molecular weight excluding hydrogens is 194 g/mol. The Kier molecular flexibility index (Phi) is 2.91. The fourth-order valence-electron chi connectivity index (χ4n) is 1.59. The molecular formula is C10H13N3O2. The first kappa shape index (κ1) is 10.0. The van der Waals surface area contributed by atoms with Gasteiger partial charge in [-0.2, -0.15) is 0 Å². The second kappa shape index (κ2) is 4.35. The number of aldehydes is 1. The van der Waals surface area contributed by atoms with Crippen LogP contribution >= 0.6 is 0 Å². The maximum absolute atomic E-state index is 10.7. The molecule has 0 atom stereocenters. The van der Waals surface area contributed by atoms with Gasteiger partial charge in [0, 0.05) is 19.2 Å². The first-order valence-corrected chi connectivity index (χ1v) is 4.93. The zero-order valence-electron chi connectivity index (χ0n) is 8.64. The smallest absolute Gasteiger partial charge is 0.168 e. The van der Waals surface area contributed by atoms with Crippen molar-refractivity contribution in [3.63, 3.8) is 0 Å². The van der Waals surface area contributed by atoms with Gasteiger partial charge in [-0.15, -0.1) is 0 Å². The van der Waals surface area contributed by atoms with Crippen LogP contribution in [0, 0.1) is 6.92 Å². The highest BCUT2D eigenvalue weighted by atomic mass is 16.5. The number of hydrogen-bond acceptors (Lipinski definition) is 5. The molecule has 1 fully saturated rings. The lowest BCUT2D eigenvalue weighted by Gasteiger charge is -2.27. The largest absolute Gasteiger partial charge is 0.378 e. The number of carbonyl (C=O) groups is 1. The molecule has 1 aliphatic rings. The predicted octanol–water partition coefficient (Wildman–Crippen LogP) is 0.434. The molecule has 1 aliphatic heterocycles. The Morgan fingerprint density at radius 3 is 2.80 bits per heavy atom. The van der Waals surface area contributed by atoms with Gasteiger partial charge < -0.3 is 9.64 Å². The summed E-state index contributed by atoms with van der Waals surface area (Å²) >= 11 is 0. The quantitative estimate of drug-likeness (QED) is 0.658. The maximum atomic E-state index is 10.7. The molecule has 15 heavy (non-hydrogen) atoms. The average Bonchev–Trinajstić information content (AvgIpc) is 2.29. The van der Waals surface area contributed by atoms with E-state index in [4.69, 9.17) is 4.74 Å². The standard InChI is InChI=1S/C10H13N3O2/c1-8-11-9(7-14)6-10(12-8)13-2-4-15-5-3-13/h6-7H,2-5H2,1H3. The van der Waals surface area contributed by atoms with Crippen LogP contribution in [0.25, 0.3) is 0 Å². The van der Waals surface area contributed by atoms with Gasteiger partial charge >= 0.3 is 0 Å². The first-order valence-electron chi connectivity index (χ1n) is 4.93. The van der Waals surface area contributed by atoms with Crippen molar-refractivity contribution in [2.24, 2.45) is 0 Å². The third-order valence-corrected chi connectivity index (χ3v) is 2.30. The van der Waals surface area contributed by atoms with Gasteiger partial charge in [0.05, 0.1) is 13.2 Å². The van der Waals surface area contributed by atoms with Gasteiger partial charge in [-0.1, -0.05) is 0 Å². The number of rotatable bonds is 2. The summed E-state index contributed by atoms with van der Waals surface area (Å²) in [6.45, 7) is 4.83. The van der Waals surface area contributed by atoms with Gasteiger partial charge in [-0.3, -0.25) is 4.79 Å². The summed E-state index contributed by atoms with van der Waals surface area (Å²) < 4.78 is 5.25. The molecule has 0 amide bonds. The molecule has 5 nitrogen and oxygen atoms in total. The zero-order valence-corrected chi connectivity index (χ0v) is 8.64. The van der Waals surface area contributed by atoms with Crippen molar-refractivity contribution in [3.8, 4) is 0 Å². The topological polar surface area (TPSA) is 55.3 Å². The lowest BCUT2D eigenvalue weighted by Crippen LogP contribution is -2.37. The molecule has 0 unspecified atom stereocenters. The molecule has 2 rings (SSSR count). The number of ether oxygens (including phenoxy) is 1. The molecule has 0 bridgehead atoms. The predicted molar refractivity (Wildman–Crippen MR) is 55.2 cm³/mol. The van der Waals surface area contributed by atoms with Crippen molar-refractivity contribution >= 4 is 12.1 Å². The summed E-state index contributed by atoms with van der Waals surface area (Å²) in [6, 6.07) is 1.71. The molecule has 1 aromatic heterocycles. The normalized spacial score (nSPS) is 16.5. The number of aryl methyl sites for hydroxylation is 1. The van der Waals surface area contributed by atoms with Crippen LogP contribution in [-0.2, 0) is 4.74 Å². The second-order valence-electron chi connectivity index (χ2n) is 3.42. The van der Waals surface area contributed by atoms with E-state index in [0.29, 0.717) is 24.7 Å². The van der Waals surface area contributed by atoms with E-state index in [1.54, 1.807) is 13.0 Å². The number of carbonyl (C=O) groups excluding carboxylic acids is 1. The first-order chi connectivity index (χ1) is 7.29. The number of aromatic nitrogens is 2. The van der Waals surface area contributed by atoms with Crippen molar-refractivity contribution in [1.82, 2.24) is 9.97 Å². The van der Waals surface area contributed by atoms with Gasteiger partial charge in [-0.25, -0.2) is 9.97 Å². The van der Waals surface area contributed by atoms with E-state index in [-0.39, 0.29) is 0 Å². The second-order valence-corrected chi connectivity index (χ2v) is 3.42. The summed E-state index contributed by atoms with van der Waals surface area (Å²) in [5, 5.41) is 0. The highest BCUT2D eigenvalue weighted by Crippen LogP contribution is 2.13. The monoisotopic (exact) mass is 207 g/mol. The highest BCUT2D eigenvalue weighted by Gasteiger charge is 2.13. The van der Waals surface area contributed by atoms with Crippen LogP contribution < -0.4 is 4.90 Å². The molecule has 0 N–H and O–H groups in total. The molecule has 1 saturated heterocycles. The highest BCUT2D eigenvalue weighted by molar-refractivity contribution is 5.73. The van der Waals surface area contributed by atoms with Gasteiger partial charge in [0.1, 0.15) is 17.3 Å². The van der Waals surface area contributed by atoms with Crippen LogP contribution in [0.4, 0.5) is 5.82 Å². The SMILES string of the molecule is Cc1nc(C=O)cc(N2CCOCC2)n1. The fourth-order valence-corrected chi connectivity index (χ4v) is 1.59. The Labute approximate surface area is 88.1 Å². The average molecular weight is 207 g/mol. The van der Waals surface area contributed by atoms with Crippen molar-refractivity contribution in [2.45, 2.75) is 6.92 Å². The summed E-state index contributed by atoms with van der Waals surface area (Å²) in [7, 11) is 0. The van der Waals surface area contributed by atoms with Crippen molar-refractivity contribution in [3.05, 3.63) is 17.6 Å². The number of nitrogens with zero attached hydrogens (tertiary/aromatic N) is 3. The van der Waals surface area contributed by atoms with E-state index in [0.717, 1.165) is 25.2 Å². The van der Waals surface area contributed by atoms with Crippen LogP contribution in [0.15, 0.2) is 6.07 Å². The van der Waals surface area contributed by atoms with Crippen molar-refractivity contribution < 1.29 is 9.53 Å². The fraction of sp³-hybridized carbons (Fsp3) is 0.500. The van der Waals surface area contributed by atoms with Crippen LogP contribution in [0.1, 0.15) is 16.3 Å². The van der Waals surface area contributed by atoms with E-state index in [9.17, 15) is 4.79 Å². The summed E-state index contributed by atoms with van der Waals surface area (Å²) in [5.74, 6) is 1.44. The maximum Gasteiger partial charge on any atom is 0.168 e. The van der Waals surface area contributed by atoms with E-state index in [2.05, 4.69) is 14.9 Å². The minimum Gasteiger partial charge on any atom is -0.378 e. The summed E-state index contributed by atoms with van der Waals surface area (Å²) in [6.07, 6.45) is 0.749. The third-order valence-electron chi connectivity index (χ3n) is 2.30. The molecule has 0 spiro atoms. The number of morpholine rings is 1. The Morgan fingerprint density at radius 1 is 1.40 bits per heavy atom. The molecule has 1 aromatic rings. The molecule has 2 heterocycles. The lowest BCUT2D eigenvalue weighted by molar-refractivity contribution is 0.111. The Balaban J connectivity index is 2.25. The summed E-state index contributed by atoms with van der Waals surface area (Å²) in [5.41, 5.74) is 0.434. The minimum atomic E-state index is 0.434. The molecule has 0 saturated carbocycles. The zero-order chi connectivity index (χ0) is 10.7. The minimum absolute atomic E-state index is 0.434. The molecule has 0 aromatic carbocycles. The van der Waals surface area contributed by atoms with Crippen molar-refractivity contribution in [1.29, 1.82) is 0 Å².